The van der Waals surface area contributed by atoms with Crippen molar-refractivity contribution in [1.29, 1.82) is 0 Å². The summed E-state index contributed by atoms with van der Waals surface area (Å²) in [6.45, 7) is 7.37. The van der Waals surface area contributed by atoms with Gasteiger partial charge in [-0.1, -0.05) is 37.6 Å². The SMILES string of the molecule is CCCC1CCN(Cc2ccc(C(C)C(=O)O)cc2)C1. The molecule has 0 aromatic heterocycles. The molecule has 0 amide bonds. The lowest BCUT2D eigenvalue weighted by molar-refractivity contribution is -0.138. The van der Waals surface area contributed by atoms with Gasteiger partial charge in [-0.15, -0.1) is 0 Å². The summed E-state index contributed by atoms with van der Waals surface area (Å²) in [4.78, 5) is 13.5. The topological polar surface area (TPSA) is 40.5 Å². The Kier molecular flexibility index (Phi) is 5.18. The maximum Gasteiger partial charge on any atom is 0.310 e. The lowest BCUT2D eigenvalue weighted by Crippen LogP contribution is -2.20. The van der Waals surface area contributed by atoms with Gasteiger partial charge in [-0.2, -0.15) is 0 Å². The van der Waals surface area contributed by atoms with E-state index in [0.717, 1.165) is 18.0 Å². The molecule has 3 heteroatoms. The van der Waals surface area contributed by atoms with Crippen LogP contribution in [0.25, 0.3) is 0 Å². The third-order valence-electron chi connectivity index (χ3n) is 4.32. The molecule has 1 aliphatic rings. The monoisotopic (exact) mass is 275 g/mol. The van der Waals surface area contributed by atoms with Crippen LogP contribution in [0.1, 0.15) is 50.2 Å². The quantitative estimate of drug-likeness (QED) is 0.864. The third kappa shape index (κ3) is 3.83. The highest BCUT2D eigenvalue weighted by Gasteiger charge is 2.21. The van der Waals surface area contributed by atoms with Crippen molar-refractivity contribution in [3.05, 3.63) is 35.4 Å². The summed E-state index contributed by atoms with van der Waals surface area (Å²) in [6.07, 6.45) is 3.94. The molecule has 2 unspecified atom stereocenters. The highest BCUT2D eigenvalue weighted by molar-refractivity contribution is 5.75. The van der Waals surface area contributed by atoms with Crippen LogP contribution in [-0.2, 0) is 11.3 Å². The summed E-state index contributed by atoms with van der Waals surface area (Å²) in [5.74, 6) is -0.323. The molecule has 1 aromatic rings. The summed E-state index contributed by atoms with van der Waals surface area (Å²) >= 11 is 0. The molecule has 0 saturated carbocycles. The van der Waals surface area contributed by atoms with Gasteiger partial charge in [0.05, 0.1) is 5.92 Å². The molecule has 1 aromatic carbocycles. The number of hydrogen-bond donors (Lipinski definition) is 1. The molecular formula is C17H25NO2. The zero-order chi connectivity index (χ0) is 14.5. The van der Waals surface area contributed by atoms with Crippen molar-refractivity contribution in [2.75, 3.05) is 13.1 Å². The van der Waals surface area contributed by atoms with Crippen molar-refractivity contribution >= 4 is 5.97 Å². The maximum atomic E-state index is 11.0. The zero-order valence-electron chi connectivity index (χ0n) is 12.5. The van der Waals surface area contributed by atoms with E-state index in [-0.39, 0.29) is 0 Å². The maximum absolute atomic E-state index is 11.0. The van der Waals surface area contributed by atoms with Gasteiger partial charge in [-0.3, -0.25) is 9.69 Å². The van der Waals surface area contributed by atoms with Gasteiger partial charge >= 0.3 is 5.97 Å². The lowest BCUT2D eigenvalue weighted by atomic mass is 10.00. The van der Waals surface area contributed by atoms with E-state index in [1.54, 1.807) is 6.92 Å². The molecule has 0 bridgehead atoms. The van der Waals surface area contributed by atoms with E-state index in [1.165, 1.54) is 37.9 Å². The van der Waals surface area contributed by atoms with E-state index in [2.05, 4.69) is 24.0 Å². The van der Waals surface area contributed by atoms with Crippen LogP contribution >= 0.6 is 0 Å². The summed E-state index contributed by atoms with van der Waals surface area (Å²) in [7, 11) is 0. The fourth-order valence-electron chi connectivity index (χ4n) is 3.01. The van der Waals surface area contributed by atoms with E-state index >= 15 is 0 Å². The first-order valence-electron chi connectivity index (χ1n) is 7.64. The molecule has 2 atom stereocenters. The predicted molar refractivity (Wildman–Crippen MR) is 80.8 cm³/mol. The highest BCUT2D eigenvalue weighted by Crippen LogP contribution is 2.23. The Bertz CT molecular complexity index is 441. The number of benzene rings is 1. The first-order chi connectivity index (χ1) is 9.60. The number of carbonyl (C=O) groups is 1. The van der Waals surface area contributed by atoms with Crippen LogP contribution in [0, 0.1) is 5.92 Å². The molecule has 1 saturated heterocycles. The van der Waals surface area contributed by atoms with Gasteiger partial charge in [0.2, 0.25) is 0 Å². The Balaban J connectivity index is 1.90. The van der Waals surface area contributed by atoms with E-state index in [4.69, 9.17) is 5.11 Å². The molecule has 3 nitrogen and oxygen atoms in total. The molecule has 1 heterocycles. The smallest absolute Gasteiger partial charge is 0.310 e. The number of rotatable bonds is 6. The van der Waals surface area contributed by atoms with E-state index in [9.17, 15) is 4.79 Å². The van der Waals surface area contributed by atoms with Crippen molar-refractivity contribution in [3.63, 3.8) is 0 Å². The van der Waals surface area contributed by atoms with Crippen molar-refractivity contribution in [3.8, 4) is 0 Å². The van der Waals surface area contributed by atoms with Gasteiger partial charge < -0.3 is 5.11 Å². The van der Waals surface area contributed by atoms with E-state index in [0.29, 0.717) is 0 Å². The molecule has 110 valence electrons. The normalized spacial score (nSPS) is 21.0. The van der Waals surface area contributed by atoms with Crippen LogP contribution in [0.3, 0.4) is 0 Å². The van der Waals surface area contributed by atoms with Crippen LogP contribution in [0.4, 0.5) is 0 Å². The van der Waals surface area contributed by atoms with Crippen molar-refractivity contribution in [1.82, 2.24) is 4.90 Å². The van der Waals surface area contributed by atoms with Gasteiger partial charge in [-0.05, 0) is 43.4 Å². The van der Waals surface area contributed by atoms with Gasteiger partial charge in [0.15, 0.2) is 0 Å². The molecular weight excluding hydrogens is 250 g/mol. The zero-order valence-corrected chi connectivity index (χ0v) is 12.5. The fraction of sp³-hybridized carbons (Fsp3) is 0.588. The second-order valence-corrected chi connectivity index (χ2v) is 5.98. The first-order valence-corrected chi connectivity index (χ1v) is 7.64. The number of carboxylic acid groups (broad SMARTS) is 1. The molecule has 0 radical (unpaired) electrons. The van der Waals surface area contributed by atoms with Crippen molar-refractivity contribution in [2.24, 2.45) is 5.92 Å². The van der Waals surface area contributed by atoms with Gasteiger partial charge in [0.1, 0.15) is 0 Å². The number of aliphatic carboxylic acids is 1. The highest BCUT2D eigenvalue weighted by atomic mass is 16.4. The first kappa shape index (κ1) is 15.0. The van der Waals surface area contributed by atoms with E-state index in [1.807, 2.05) is 12.1 Å². The molecule has 1 aliphatic heterocycles. The largest absolute Gasteiger partial charge is 0.481 e. The molecule has 20 heavy (non-hydrogen) atoms. The minimum absolute atomic E-state index is 0.426. The standard InChI is InChI=1S/C17H25NO2/c1-3-4-14-9-10-18(11-14)12-15-5-7-16(8-6-15)13(2)17(19)20/h5-8,13-14H,3-4,9-12H2,1-2H3,(H,19,20). The minimum Gasteiger partial charge on any atom is -0.481 e. The van der Waals surface area contributed by atoms with Crippen LogP contribution in [0.15, 0.2) is 24.3 Å². The Labute approximate surface area is 121 Å². The van der Waals surface area contributed by atoms with Crippen molar-refractivity contribution in [2.45, 2.75) is 45.6 Å². The predicted octanol–water partition coefficient (Wildman–Crippen LogP) is 3.50. The summed E-state index contributed by atoms with van der Waals surface area (Å²) in [6, 6.07) is 8.05. The van der Waals surface area contributed by atoms with Crippen LogP contribution in [0.2, 0.25) is 0 Å². The third-order valence-corrected chi connectivity index (χ3v) is 4.32. The summed E-state index contributed by atoms with van der Waals surface area (Å²) in [5.41, 5.74) is 2.16. The average Bonchev–Trinajstić information content (AvgIpc) is 2.86. The molecule has 2 rings (SSSR count). The average molecular weight is 275 g/mol. The second-order valence-electron chi connectivity index (χ2n) is 5.98. The van der Waals surface area contributed by atoms with Crippen LogP contribution in [0.5, 0.6) is 0 Å². The number of likely N-dealkylation sites (tertiary alicyclic amines) is 1. The molecule has 0 spiro atoms. The van der Waals surface area contributed by atoms with Gasteiger partial charge in [-0.25, -0.2) is 0 Å². The van der Waals surface area contributed by atoms with Crippen molar-refractivity contribution < 1.29 is 9.90 Å². The number of carboxylic acids is 1. The number of hydrogen-bond acceptors (Lipinski definition) is 2. The van der Waals surface area contributed by atoms with Crippen LogP contribution in [-0.4, -0.2) is 29.1 Å². The lowest BCUT2D eigenvalue weighted by Gasteiger charge is -2.16. The minimum atomic E-state index is -0.764. The fourth-order valence-corrected chi connectivity index (χ4v) is 3.01. The van der Waals surface area contributed by atoms with Gasteiger partial charge in [0.25, 0.3) is 0 Å². The molecule has 0 aliphatic carbocycles. The molecule has 1 fully saturated rings. The van der Waals surface area contributed by atoms with Crippen LogP contribution < -0.4 is 0 Å². The summed E-state index contributed by atoms with van der Waals surface area (Å²) < 4.78 is 0. The van der Waals surface area contributed by atoms with E-state index < -0.39 is 11.9 Å². The summed E-state index contributed by atoms with van der Waals surface area (Å²) in [5, 5.41) is 9.01. The molecule has 1 N–H and O–H groups in total. The Morgan fingerprint density at radius 3 is 2.70 bits per heavy atom. The second kappa shape index (κ2) is 6.89. The Morgan fingerprint density at radius 2 is 2.10 bits per heavy atom. The Morgan fingerprint density at radius 1 is 1.40 bits per heavy atom. The number of nitrogens with zero attached hydrogens (tertiary/aromatic N) is 1. The van der Waals surface area contributed by atoms with Gasteiger partial charge in [0, 0.05) is 13.1 Å². The Hall–Kier alpha value is -1.35.